The zero-order valence-electron chi connectivity index (χ0n) is 15.9. The van der Waals surface area contributed by atoms with Crippen molar-refractivity contribution in [2.45, 2.75) is 6.42 Å². The van der Waals surface area contributed by atoms with Gasteiger partial charge in [-0.25, -0.2) is 0 Å². The van der Waals surface area contributed by atoms with Crippen LogP contribution in [0, 0.1) is 0 Å². The van der Waals surface area contributed by atoms with Crippen LogP contribution in [0.3, 0.4) is 0 Å². The minimum atomic E-state index is -1.27. The molecule has 9 nitrogen and oxygen atoms in total. The summed E-state index contributed by atoms with van der Waals surface area (Å²) in [5, 5.41) is 21.8. The van der Waals surface area contributed by atoms with Gasteiger partial charge in [-0.15, -0.1) is 0 Å². The molecule has 0 aromatic carbocycles. The van der Waals surface area contributed by atoms with E-state index in [0.717, 1.165) is 35.9 Å². The Bertz CT molecular complexity index is 1040. The molecule has 1 aliphatic rings. The third-order valence-electron chi connectivity index (χ3n) is 4.58. The average Bonchev–Trinajstić information content (AvgIpc) is 2.65. The summed E-state index contributed by atoms with van der Waals surface area (Å²) in [6.07, 6.45) is 5.51. The van der Waals surface area contributed by atoms with Crippen molar-refractivity contribution in [3.05, 3.63) is 50.3 Å². The highest BCUT2D eigenvalue weighted by atomic mass is 16.4. The first-order valence-electron chi connectivity index (χ1n) is 8.59. The quantitative estimate of drug-likeness (QED) is 0.467. The molecule has 2 rings (SSSR count). The first kappa shape index (κ1) is 21.0. The van der Waals surface area contributed by atoms with Gasteiger partial charge in [-0.2, -0.15) is 0 Å². The molecule has 1 aromatic heterocycles. The number of carbonyl (C=O) groups is 2. The van der Waals surface area contributed by atoms with Crippen LogP contribution >= 0.6 is 0 Å². The Balaban J connectivity index is 2.64. The van der Waals surface area contributed by atoms with Crippen LogP contribution in [0.2, 0.25) is 0 Å². The van der Waals surface area contributed by atoms with Gasteiger partial charge in [0.1, 0.15) is 17.9 Å². The Morgan fingerprint density at radius 3 is 2.61 bits per heavy atom. The molecular formula is C19H24N4O5. The van der Waals surface area contributed by atoms with Gasteiger partial charge < -0.3 is 30.7 Å². The number of aromatic nitrogens is 1. The summed E-state index contributed by atoms with van der Waals surface area (Å²) in [5.41, 5.74) is 5.92. The maximum Gasteiger partial charge on any atom is 0.322 e. The van der Waals surface area contributed by atoms with E-state index in [1.54, 1.807) is 6.08 Å². The molecular weight excluding hydrogens is 364 g/mol. The number of carboxylic acids is 1. The van der Waals surface area contributed by atoms with Gasteiger partial charge in [-0.1, -0.05) is 12.7 Å². The summed E-state index contributed by atoms with van der Waals surface area (Å²) in [7, 11) is 3.41. The van der Waals surface area contributed by atoms with Crippen molar-refractivity contribution in [1.82, 2.24) is 14.8 Å². The number of pyridine rings is 1. The maximum absolute atomic E-state index is 12.5. The molecule has 0 bridgehead atoms. The molecule has 0 atom stereocenters. The molecule has 0 spiro atoms. The van der Waals surface area contributed by atoms with Crippen LogP contribution in [0.4, 0.5) is 0 Å². The highest BCUT2D eigenvalue weighted by Crippen LogP contribution is 2.18. The predicted molar refractivity (Wildman–Crippen MR) is 105 cm³/mol. The molecule has 0 aliphatic carbocycles. The Kier molecular flexibility index (Phi) is 6.42. The number of carboxylic acid groups (broad SMARTS) is 1. The van der Waals surface area contributed by atoms with E-state index in [1.807, 2.05) is 13.1 Å². The first-order chi connectivity index (χ1) is 13.2. The number of allylic oxidation sites excluding steroid dienone is 1. The monoisotopic (exact) mass is 388 g/mol. The van der Waals surface area contributed by atoms with E-state index < -0.39 is 35.3 Å². The average molecular weight is 388 g/mol. The summed E-state index contributed by atoms with van der Waals surface area (Å²) in [6.45, 7) is 4.97. The van der Waals surface area contributed by atoms with Gasteiger partial charge in [0.15, 0.2) is 0 Å². The highest BCUT2D eigenvalue weighted by molar-refractivity contribution is 5.98. The van der Waals surface area contributed by atoms with Gasteiger partial charge >= 0.3 is 5.97 Å². The number of hydrogen-bond donors (Lipinski definition) is 4. The molecule has 5 N–H and O–H groups in total. The fraction of sp³-hybridized carbons (Fsp3) is 0.316. The van der Waals surface area contributed by atoms with E-state index in [9.17, 15) is 19.5 Å². The van der Waals surface area contributed by atoms with E-state index in [2.05, 4.69) is 16.8 Å². The Morgan fingerprint density at radius 1 is 1.39 bits per heavy atom. The van der Waals surface area contributed by atoms with Crippen LogP contribution in [-0.4, -0.2) is 58.2 Å². The van der Waals surface area contributed by atoms with Gasteiger partial charge in [0.05, 0.1) is 5.35 Å². The van der Waals surface area contributed by atoms with E-state index >= 15 is 0 Å². The van der Waals surface area contributed by atoms with Crippen molar-refractivity contribution in [2.75, 3.05) is 26.7 Å². The fourth-order valence-electron chi connectivity index (χ4n) is 2.94. The molecule has 150 valence electrons. The molecule has 0 unspecified atom stereocenters. The topological polar surface area (TPSA) is 138 Å². The Morgan fingerprint density at radius 2 is 2.07 bits per heavy atom. The van der Waals surface area contributed by atoms with Crippen molar-refractivity contribution in [3.63, 3.8) is 0 Å². The van der Waals surface area contributed by atoms with Gasteiger partial charge in [0.25, 0.3) is 11.5 Å². The minimum absolute atomic E-state index is 0.162. The largest absolute Gasteiger partial charge is 0.506 e. The molecule has 1 aromatic rings. The second-order valence-electron chi connectivity index (χ2n) is 6.54. The van der Waals surface area contributed by atoms with Crippen molar-refractivity contribution in [3.8, 4) is 5.75 Å². The van der Waals surface area contributed by atoms with Gasteiger partial charge in [0, 0.05) is 31.6 Å². The molecule has 0 saturated carbocycles. The predicted octanol–water partition coefficient (Wildman–Crippen LogP) is -1.80. The van der Waals surface area contributed by atoms with Crippen LogP contribution in [-0.2, 0) is 11.8 Å². The number of nitrogens with two attached hydrogens (primary N) is 1. The van der Waals surface area contributed by atoms with Crippen LogP contribution in [0.5, 0.6) is 5.75 Å². The zero-order chi connectivity index (χ0) is 21.0. The maximum atomic E-state index is 12.5. The molecule has 9 heteroatoms. The number of amides is 1. The second-order valence-corrected chi connectivity index (χ2v) is 6.54. The van der Waals surface area contributed by atoms with Crippen molar-refractivity contribution < 1.29 is 19.8 Å². The van der Waals surface area contributed by atoms with Crippen molar-refractivity contribution in [2.24, 2.45) is 12.8 Å². The standard InChI is InChI=1S/C19H24N4O5/c1-11(12-4-6-22(2)7-5-12)8-13-14(9-20)23(3)19(28)16(17(13)26)18(27)21-10-15(24)25/h4,8-9,26H,1,5-7,10,20H2,2-3H3,(H,21,27)(H,24,25)/b13-8+,14-9+. The van der Waals surface area contributed by atoms with E-state index in [-0.39, 0.29) is 10.6 Å². The van der Waals surface area contributed by atoms with Crippen LogP contribution < -0.4 is 27.2 Å². The lowest BCUT2D eigenvalue weighted by Crippen LogP contribution is -2.47. The fourth-order valence-corrected chi connectivity index (χ4v) is 2.94. The number of aromatic hydroxyl groups is 1. The SMILES string of the molecule is C=C(/C=c1/c(O)c(C(=O)NCC(=O)O)c(=O)n(C)/c1=C/N)C1=CCN(C)CC1. The molecule has 2 heterocycles. The number of likely N-dealkylation sites (N-methyl/N-ethyl adjacent to an activating group) is 1. The second kappa shape index (κ2) is 8.57. The smallest absolute Gasteiger partial charge is 0.322 e. The highest BCUT2D eigenvalue weighted by Gasteiger charge is 2.20. The van der Waals surface area contributed by atoms with Gasteiger partial charge in [-0.3, -0.25) is 14.4 Å². The van der Waals surface area contributed by atoms with Crippen LogP contribution in [0.25, 0.3) is 12.3 Å². The summed E-state index contributed by atoms with van der Waals surface area (Å²) < 4.78 is 1.12. The summed E-state index contributed by atoms with van der Waals surface area (Å²) in [4.78, 5) is 37.6. The van der Waals surface area contributed by atoms with Crippen molar-refractivity contribution in [1.29, 1.82) is 0 Å². The molecule has 0 saturated heterocycles. The number of aliphatic carboxylic acids is 1. The normalized spacial score (nSPS) is 16.0. The molecule has 28 heavy (non-hydrogen) atoms. The number of nitrogens with one attached hydrogen (secondary N) is 1. The number of nitrogens with zero attached hydrogens (tertiary/aromatic N) is 2. The summed E-state index contributed by atoms with van der Waals surface area (Å²) in [5.74, 6) is -2.83. The van der Waals surface area contributed by atoms with Gasteiger partial charge in [-0.05, 0) is 30.7 Å². The number of hydrogen-bond acceptors (Lipinski definition) is 6. The third-order valence-corrected chi connectivity index (χ3v) is 4.58. The summed E-state index contributed by atoms with van der Waals surface area (Å²) >= 11 is 0. The van der Waals surface area contributed by atoms with Crippen LogP contribution in [0.15, 0.2) is 28.6 Å². The number of rotatable bonds is 5. The number of carbonyl (C=O) groups excluding carboxylic acids is 1. The Labute approximate surface area is 161 Å². The molecule has 0 fully saturated rings. The zero-order valence-corrected chi connectivity index (χ0v) is 15.9. The van der Waals surface area contributed by atoms with Crippen LogP contribution in [0.1, 0.15) is 16.8 Å². The molecule has 1 amide bonds. The Hall–Kier alpha value is -3.33. The lowest BCUT2D eigenvalue weighted by Gasteiger charge is -2.22. The third kappa shape index (κ3) is 4.32. The molecule has 0 radical (unpaired) electrons. The van der Waals surface area contributed by atoms with Crippen molar-refractivity contribution >= 4 is 24.2 Å². The van der Waals surface area contributed by atoms with E-state index in [1.165, 1.54) is 7.05 Å². The van der Waals surface area contributed by atoms with Gasteiger partial charge in [0.2, 0.25) is 0 Å². The lowest BCUT2D eigenvalue weighted by molar-refractivity contribution is -0.135. The van der Waals surface area contributed by atoms with E-state index in [4.69, 9.17) is 10.8 Å². The summed E-state index contributed by atoms with van der Waals surface area (Å²) in [6, 6.07) is 0. The molecule has 1 aliphatic heterocycles. The lowest BCUT2D eigenvalue weighted by atomic mass is 9.99. The van der Waals surface area contributed by atoms with E-state index in [0.29, 0.717) is 5.57 Å². The first-order valence-corrected chi connectivity index (χ1v) is 8.59. The minimum Gasteiger partial charge on any atom is -0.506 e.